The molecule has 0 atom stereocenters. The summed E-state index contributed by atoms with van der Waals surface area (Å²) in [6.45, 7) is 6.49. The summed E-state index contributed by atoms with van der Waals surface area (Å²) in [4.78, 5) is 4.41. The number of nitrogens with one attached hydrogen (secondary N) is 2. The van der Waals surface area contributed by atoms with Crippen LogP contribution in [0, 0.1) is 0 Å². The van der Waals surface area contributed by atoms with Crippen molar-refractivity contribution in [3.63, 3.8) is 0 Å². The van der Waals surface area contributed by atoms with Crippen LogP contribution in [0.2, 0.25) is 0 Å². The van der Waals surface area contributed by atoms with Crippen molar-refractivity contribution in [3.8, 4) is 11.5 Å². The topological polar surface area (TPSA) is 54.9 Å². The summed E-state index contributed by atoms with van der Waals surface area (Å²) in [5.41, 5.74) is 0.570. The predicted molar refractivity (Wildman–Crippen MR) is 107 cm³/mol. The summed E-state index contributed by atoms with van der Waals surface area (Å²) in [5.74, 6) is 1.22. The lowest BCUT2D eigenvalue weighted by atomic mass is 10.2. The predicted octanol–water partition coefficient (Wildman–Crippen LogP) is 4.16. The monoisotopic (exact) mass is 471 g/mol. The van der Waals surface area contributed by atoms with Gasteiger partial charge in [-0.05, 0) is 39.3 Å². The third-order valence-corrected chi connectivity index (χ3v) is 2.90. The molecule has 0 saturated heterocycles. The minimum atomic E-state index is -2.89. The van der Waals surface area contributed by atoms with E-state index in [9.17, 15) is 8.78 Å². The lowest BCUT2D eigenvalue weighted by Crippen LogP contribution is -2.41. The van der Waals surface area contributed by atoms with Crippen molar-refractivity contribution in [2.75, 3.05) is 13.2 Å². The number of nitrogens with zero attached hydrogens (tertiary/aromatic N) is 1. The van der Waals surface area contributed by atoms with Crippen molar-refractivity contribution >= 4 is 29.9 Å². The van der Waals surface area contributed by atoms with Crippen LogP contribution in [0.1, 0.15) is 39.7 Å². The first-order chi connectivity index (χ1) is 11.5. The Labute approximate surface area is 165 Å². The fourth-order valence-electron chi connectivity index (χ4n) is 1.94. The van der Waals surface area contributed by atoms with Crippen molar-refractivity contribution in [1.82, 2.24) is 10.6 Å². The van der Waals surface area contributed by atoms with E-state index in [0.29, 0.717) is 30.4 Å². The zero-order valence-electron chi connectivity index (χ0n) is 15.1. The maximum Gasteiger partial charge on any atom is 0.387 e. The van der Waals surface area contributed by atoms with E-state index in [2.05, 4.69) is 20.4 Å². The average Bonchev–Trinajstić information content (AvgIpc) is 2.51. The third kappa shape index (κ3) is 9.66. The average molecular weight is 471 g/mol. The summed E-state index contributed by atoms with van der Waals surface area (Å²) < 4.78 is 35.4. The molecular weight excluding hydrogens is 443 g/mol. The number of aliphatic imine (C=N–C) groups is 1. The zero-order chi connectivity index (χ0) is 17.9. The Morgan fingerprint density at radius 2 is 1.96 bits per heavy atom. The molecule has 0 heterocycles. The van der Waals surface area contributed by atoms with Crippen molar-refractivity contribution in [2.24, 2.45) is 4.99 Å². The fraction of sp³-hybridized carbons (Fsp3) is 0.588. The van der Waals surface area contributed by atoms with Crippen molar-refractivity contribution in [1.29, 1.82) is 0 Å². The van der Waals surface area contributed by atoms with Gasteiger partial charge in [-0.15, -0.1) is 24.0 Å². The van der Waals surface area contributed by atoms with Crippen molar-refractivity contribution < 1.29 is 18.3 Å². The van der Waals surface area contributed by atoms with Crippen LogP contribution in [0.5, 0.6) is 11.5 Å². The molecule has 1 aromatic rings. The summed E-state index contributed by atoms with van der Waals surface area (Å²) in [5, 5.41) is 6.28. The maximum absolute atomic E-state index is 12.7. The van der Waals surface area contributed by atoms with Crippen LogP contribution >= 0.6 is 24.0 Å². The third-order valence-electron chi connectivity index (χ3n) is 2.90. The summed E-state index contributed by atoms with van der Waals surface area (Å²) in [7, 11) is 0. The van der Waals surface area contributed by atoms with Gasteiger partial charge in [0, 0.05) is 24.2 Å². The number of rotatable bonds is 9. The summed E-state index contributed by atoms with van der Waals surface area (Å²) in [6, 6.07) is 5.13. The number of benzene rings is 1. The Kier molecular flexibility index (Phi) is 12.3. The second kappa shape index (κ2) is 13.0. The molecule has 5 nitrogen and oxygen atoms in total. The Bertz CT molecular complexity index is 529. The normalized spacial score (nSPS) is 11.3. The molecule has 0 aliphatic rings. The van der Waals surface area contributed by atoms with Crippen molar-refractivity contribution in [2.45, 2.75) is 53.3 Å². The lowest BCUT2D eigenvalue weighted by molar-refractivity contribution is -0.0505. The molecule has 0 fully saturated rings. The van der Waals surface area contributed by atoms with E-state index in [1.807, 2.05) is 27.7 Å². The van der Waals surface area contributed by atoms with Gasteiger partial charge < -0.3 is 20.1 Å². The first-order valence-electron chi connectivity index (χ1n) is 8.21. The van der Waals surface area contributed by atoms with E-state index in [1.165, 1.54) is 6.07 Å². The standard InChI is InChI=1S/C17H27F2N3O2.HI/c1-5-9-23-14-8-7-13(15(10-14)24-16(18)19)11-21-17(20-6-2)22-12(3)4;/h7-8,10,12,16H,5-6,9,11H2,1-4H3,(H2,20,21,22);1H. The van der Waals surface area contributed by atoms with E-state index in [1.54, 1.807) is 12.1 Å². The Balaban J connectivity index is 0.00000576. The molecule has 0 amide bonds. The van der Waals surface area contributed by atoms with E-state index in [-0.39, 0.29) is 42.3 Å². The minimum Gasteiger partial charge on any atom is -0.493 e. The molecule has 0 aliphatic heterocycles. The van der Waals surface area contributed by atoms with E-state index >= 15 is 0 Å². The number of ether oxygens (including phenoxy) is 2. The van der Waals surface area contributed by atoms with Crippen LogP contribution in [-0.4, -0.2) is 31.8 Å². The van der Waals surface area contributed by atoms with Crippen LogP contribution in [0.3, 0.4) is 0 Å². The smallest absolute Gasteiger partial charge is 0.387 e. The first-order valence-corrected chi connectivity index (χ1v) is 8.21. The molecule has 0 bridgehead atoms. The Morgan fingerprint density at radius 3 is 2.52 bits per heavy atom. The molecule has 25 heavy (non-hydrogen) atoms. The highest BCUT2D eigenvalue weighted by atomic mass is 127. The second-order valence-corrected chi connectivity index (χ2v) is 5.49. The van der Waals surface area contributed by atoms with Gasteiger partial charge in [0.25, 0.3) is 0 Å². The molecule has 144 valence electrons. The highest BCUT2D eigenvalue weighted by Gasteiger charge is 2.12. The molecule has 0 aromatic heterocycles. The minimum absolute atomic E-state index is 0. The summed E-state index contributed by atoms with van der Waals surface area (Å²) >= 11 is 0. The van der Waals surface area contributed by atoms with E-state index < -0.39 is 6.61 Å². The maximum atomic E-state index is 12.7. The van der Waals surface area contributed by atoms with E-state index in [4.69, 9.17) is 4.74 Å². The molecule has 0 radical (unpaired) electrons. The molecule has 0 unspecified atom stereocenters. The fourth-order valence-corrected chi connectivity index (χ4v) is 1.94. The number of hydrogen-bond acceptors (Lipinski definition) is 3. The van der Waals surface area contributed by atoms with E-state index in [0.717, 1.165) is 6.42 Å². The van der Waals surface area contributed by atoms with Gasteiger partial charge >= 0.3 is 6.61 Å². The number of hydrogen-bond donors (Lipinski definition) is 2. The lowest BCUT2D eigenvalue weighted by Gasteiger charge is -2.15. The van der Waals surface area contributed by atoms with Crippen molar-refractivity contribution in [3.05, 3.63) is 23.8 Å². The van der Waals surface area contributed by atoms with Gasteiger partial charge in [-0.2, -0.15) is 8.78 Å². The highest BCUT2D eigenvalue weighted by molar-refractivity contribution is 14.0. The molecule has 0 saturated carbocycles. The molecule has 1 aromatic carbocycles. The first kappa shape index (κ1) is 23.7. The van der Waals surface area contributed by atoms with Gasteiger partial charge in [-0.25, -0.2) is 4.99 Å². The molecular formula is C17H28F2IN3O2. The molecule has 1 rings (SSSR count). The molecule has 8 heteroatoms. The van der Waals surface area contributed by atoms with Gasteiger partial charge in [0.1, 0.15) is 11.5 Å². The van der Waals surface area contributed by atoms with Crippen LogP contribution in [0.4, 0.5) is 8.78 Å². The number of halogens is 3. The second-order valence-electron chi connectivity index (χ2n) is 5.49. The molecule has 2 N–H and O–H groups in total. The largest absolute Gasteiger partial charge is 0.493 e. The molecule has 0 spiro atoms. The van der Waals surface area contributed by atoms with Gasteiger partial charge in [-0.3, -0.25) is 0 Å². The van der Waals surface area contributed by atoms with Gasteiger partial charge in [0.2, 0.25) is 0 Å². The van der Waals surface area contributed by atoms with Crippen LogP contribution in [0.15, 0.2) is 23.2 Å². The highest BCUT2D eigenvalue weighted by Crippen LogP contribution is 2.27. The SMILES string of the molecule is CCCOc1ccc(CN=C(NCC)NC(C)C)c(OC(F)F)c1.I. The van der Waals surface area contributed by atoms with Gasteiger partial charge in [-0.1, -0.05) is 6.92 Å². The summed E-state index contributed by atoms with van der Waals surface area (Å²) in [6.07, 6.45) is 0.837. The van der Waals surface area contributed by atoms with Crippen LogP contribution < -0.4 is 20.1 Å². The number of guanidine groups is 1. The van der Waals surface area contributed by atoms with Crippen LogP contribution in [0.25, 0.3) is 0 Å². The molecule has 0 aliphatic carbocycles. The van der Waals surface area contributed by atoms with Gasteiger partial charge in [0.05, 0.1) is 13.2 Å². The van der Waals surface area contributed by atoms with Crippen LogP contribution in [-0.2, 0) is 6.54 Å². The van der Waals surface area contributed by atoms with Gasteiger partial charge in [0.15, 0.2) is 5.96 Å². The Morgan fingerprint density at radius 1 is 1.24 bits per heavy atom. The zero-order valence-corrected chi connectivity index (χ0v) is 17.5. The quantitative estimate of drug-likeness (QED) is 0.323. The Hall–Kier alpha value is -1.32. The number of alkyl halides is 2.